The van der Waals surface area contributed by atoms with Gasteiger partial charge < -0.3 is 0 Å². The van der Waals surface area contributed by atoms with Crippen LogP contribution in [0.2, 0.25) is 0 Å². The summed E-state index contributed by atoms with van der Waals surface area (Å²) < 4.78 is 0. The topological polar surface area (TPSA) is 0 Å². The molecule has 0 bridgehead atoms. The minimum absolute atomic E-state index is 0.963. The molecule has 0 amide bonds. The van der Waals surface area contributed by atoms with E-state index in [-0.39, 0.29) is 0 Å². The first-order chi connectivity index (χ1) is 4.81. The first kappa shape index (κ1) is 8.96. The molecule has 0 saturated heterocycles. The number of hydrogen-bond donors (Lipinski definition) is 0. The fourth-order valence-corrected chi connectivity index (χ4v) is 0.502. The van der Waals surface area contributed by atoms with Crippen molar-refractivity contribution in [3.8, 4) is 0 Å². The Balaban J connectivity index is 3.55. The third-order valence-electron chi connectivity index (χ3n) is 1.10. The molecule has 0 unspecified atom stereocenters. The predicted molar refractivity (Wildman–Crippen MR) is 47.9 cm³/mol. The highest BCUT2D eigenvalue weighted by Gasteiger charge is 1.74. The Morgan fingerprint density at radius 3 is 2.60 bits per heavy atom. The molecule has 0 aromatic heterocycles. The predicted octanol–water partition coefficient (Wildman–Crippen LogP) is 3.25. The van der Waals surface area contributed by atoms with Crippen molar-refractivity contribution in [2.45, 2.75) is 13.3 Å². The summed E-state index contributed by atoms with van der Waals surface area (Å²) in [6.07, 6.45) is 10.9. The molecule has 0 N–H and O–H groups in total. The SMILES string of the molecule is C=CC(=C)C=CCC=CC. The normalized spacial score (nSPS) is 10.9. The minimum Gasteiger partial charge on any atom is -0.0985 e. The third kappa shape index (κ3) is 5.10. The lowest BCUT2D eigenvalue weighted by Crippen LogP contribution is -1.63. The third-order valence-corrected chi connectivity index (χ3v) is 1.10. The first-order valence-corrected chi connectivity index (χ1v) is 3.40. The van der Waals surface area contributed by atoms with Crippen molar-refractivity contribution in [1.82, 2.24) is 0 Å². The van der Waals surface area contributed by atoms with Crippen LogP contribution in [0.25, 0.3) is 0 Å². The van der Waals surface area contributed by atoms with Crippen LogP contribution in [0.5, 0.6) is 0 Å². The Labute approximate surface area is 63.3 Å². The second kappa shape index (κ2) is 6.09. The monoisotopic (exact) mass is 134 g/mol. The zero-order valence-corrected chi connectivity index (χ0v) is 6.51. The maximum absolute atomic E-state index is 3.74. The molecule has 0 heterocycles. The van der Waals surface area contributed by atoms with Crippen molar-refractivity contribution in [3.05, 3.63) is 49.1 Å². The molecule has 54 valence electrons. The van der Waals surface area contributed by atoms with Gasteiger partial charge in [0.1, 0.15) is 0 Å². The lowest BCUT2D eigenvalue weighted by Gasteiger charge is -1.84. The van der Waals surface area contributed by atoms with Crippen LogP contribution in [-0.4, -0.2) is 0 Å². The summed E-state index contributed by atoms with van der Waals surface area (Å²) in [5, 5.41) is 0. The fourth-order valence-electron chi connectivity index (χ4n) is 0.502. The van der Waals surface area contributed by atoms with E-state index in [1.165, 1.54) is 0 Å². The largest absolute Gasteiger partial charge is 0.0985 e. The van der Waals surface area contributed by atoms with Crippen molar-refractivity contribution in [1.29, 1.82) is 0 Å². The fraction of sp³-hybridized carbons (Fsp3) is 0.200. The van der Waals surface area contributed by atoms with Gasteiger partial charge in [0.2, 0.25) is 0 Å². The van der Waals surface area contributed by atoms with Crippen molar-refractivity contribution in [2.24, 2.45) is 0 Å². The lowest BCUT2D eigenvalue weighted by molar-refractivity contribution is 1.37. The quantitative estimate of drug-likeness (QED) is 0.409. The van der Waals surface area contributed by atoms with E-state index in [4.69, 9.17) is 0 Å². The van der Waals surface area contributed by atoms with Gasteiger partial charge in [-0.2, -0.15) is 0 Å². The molecule has 0 aliphatic carbocycles. The van der Waals surface area contributed by atoms with E-state index in [1.807, 2.05) is 19.1 Å². The van der Waals surface area contributed by atoms with E-state index in [0.29, 0.717) is 0 Å². The molecule has 0 fully saturated rings. The molecule has 0 rings (SSSR count). The van der Waals surface area contributed by atoms with Gasteiger partial charge in [-0.25, -0.2) is 0 Å². The molecule has 0 aromatic rings. The van der Waals surface area contributed by atoms with E-state index in [1.54, 1.807) is 6.08 Å². The summed E-state index contributed by atoms with van der Waals surface area (Å²) in [6.45, 7) is 9.34. The summed E-state index contributed by atoms with van der Waals surface area (Å²) in [5.41, 5.74) is 0.963. The Morgan fingerprint density at radius 1 is 1.40 bits per heavy atom. The van der Waals surface area contributed by atoms with Gasteiger partial charge in [0, 0.05) is 0 Å². The maximum Gasteiger partial charge on any atom is -0.0166 e. The molecule has 0 nitrogen and oxygen atoms in total. The molecule has 0 aliphatic rings. The van der Waals surface area contributed by atoms with Crippen molar-refractivity contribution in [3.63, 3.8) is 0 Å². The molecule has 10 heavy (non-hydrogen) atoms. The van der Waals surface area contributed by atoms with Crippen LogP contribution >= 0.6 is 0 Å². The van der Waals surface area contributed by atoms with E-state index in [2.05, 4.69) is 25.3 Å². The Morgan fingerprint density at radius 2 is 2.10 bits per heavy atom. The van der Waals surface area contributed by atoms with Gasteiger partial charge in [-0.15, -0.1) is 0 Å². The highest BCUT2D eigenvalue weighted by atomic mass is 13.8. The average molecular weight is 134 g/mol. The van der Waals surface area contributed by atoms with Crippen LogP contribution in [0.3, 0.4) is 0 Å². The van der Waals surface area contributed by atoms with Gasteiger partial charge in [0.25, 0.3) is 0 Å². The Bertz CT molecular complexity index is 159. The standard InChI is InChI=1S/C10H14/c1-4-6-7-8-9-10(3)5-2/h4-6,8-9H,2-3,7H2,1H3. The molecule has 0 saturated carbocycles. The van der Waals surface area contributed by atoms with Gasteiger partial charge in [-0.3, -0.25) is 0 Å². The van der Waals surface area contributed by atoms with Crippen LogP contribution in [-0.2, 0) is 0 Å². The molecular weight excluding hydrogens is 120 g/mol. The zero-order chi connectivity index (χ0) is 7.82. The molecule has 0 heteroatoms. The van der Waals surface area contributed by atoms with Gasteiger partial charge >= 0.3 is 0 Å². The van der Waals surface area contributed by atoms with Crippen molar-refractivity contribution >= 4 is 0 Å². The van der Waals surface area contributed by atoms with Gasteiger partial charge in [-0.1, -0.05) is 43.5 Å². The second-order valence-corrected chi connectivity index (χ2v) is 1.99. The lowest BCUT2D eigenvalue weighted by atomic mass is 10.2. The second-order valence-electron chi connectivity index (χ2n) is 1.99. The molecule has 0 aromatic carbocycles. The molecular formula is C10H14. The van der Waals surface area contributed by atoms with Crippen LogP contribution in [0.15, 0.2) is 49.1 Å². The molecule has 0 atom stereocenters. The van der Waals surface area contributed by atoms with Crippen LogP contribution in [0, 0.1) is 0 Å². The van der Waals surface area contributed by atoms with E-state index >= 15 is 0 Å². The summed E-state index contributed by atoms with van der Waals surface area (Å²) in [4.78, 5) is 0. The number of allylic oxidation sites excluding steroid dienone is 6. The van der Waals surface area contributed by atoms with Crippen LogP contribution in [0.4, 0.5) is 0 Å². The summed E-state index contributed by atoms with van der Waals surface area (Å²) in [7, 11) is 0. The Hall–Kier alpha value is -1.04. The Kier molecular flexibility index (Phi) is 5.45. The highest BCUT2D eigenvalue weighted by Crippen LogP contribution is 1.94. The van der Waals surface area contributed by atoms with Crippen LogP contribution in [0.1, 0.15) is 13.3 Å². The van der Waals surface area contributed by atoms with Gasteiger partial charge in [0.15, 0.2) is 0 Å². The zero-order valence-electron chi connectivity index (χ0n) is 6.51. The maximum atomic E-state index is 3.74. The molecule has 0 radical (unpaired) electrons. The highest BCUT2D eigenvalue weighted by molar-refractivity contribution is 5.25. The van der Waals surface area contributed by atoms with Gasteiger partial charge in [-0.05, 0) is 18.9 Å². The van der Waals surface area contributed by atoms with Gasteiger partial charge in [0.05, 0.1) is 0 Å². The summed E-state index contributed by atoms with van der Waals surface area (Å²) in [6, 6.07) is 0. The summed E-state index contributed by atoms with van der Waals surface area (Å²) >= 11 is 0. The van der Waals surface area contributed by atoms with E-state index in [0.717, 1.165) is 12.0 Å². The summed E-state index contributed by atoms with van der Waals surface area (Å²) in [5.74, 6) is 0. The van der Waals surface area contributed by atoms with Crippen LogP contribution < -0.4 is 0 Å². The van der Waals surface area contributed by atoms with Crippen molar-refractivity contribution in [2.75, 3.05) is 0 Å². The smallest absolute Gasteiger partial charge is 0.0166 e. The van der Waals surface area contributed by atoms with E-state index < -0.39 is 0 Å². The number of hydrogen-bond acceptors (Lipinski definition) is 0. The first-order valence-electron chi connectivity index (χ1n) is 3.40. The number of rotatable bonds is 4. The average Bonchev–Trinajstić information content (AvgIpc) is 1.98. The van der Waals surface area contributed by atoms with Crippen molar-refractivity contribution < 1.29 is 0 Å². The molecule has 0 spiro atoms. The molecule has 0 aliphatic heterocycles. The minimum atomic E-state index is 0.963. The van der Waals surface area contributed by atoms with E-state index in [9.17, 15) is 0 Å².